The van der Waals surface area contributed by atoms with E-state index in [1.807, 2.05) is 20.8 Å². The molecule has 1 aromatic carbocycles. The standard InChI is InChI=1S/C20H30N2O3/c1-12(2)19(22-18(23)11-25-5)20(24)21-14(4)16-10-17(16)15-8-6-7-13(3)9-15/h6-9,12,14,16-17,19H,10-11H2,1-5H3,(H,21,24)(H,22,23)/t14-,16-,17-,19+/m1/s1. The van der Waals surface area contributed by atoms with Crippen LogP contribution in [0.1, 0.15) is 44.2 Å². The maximum absolute atomic E-state index is 12.6. The molecule has 2 amide bonds. The number of aryl methyl sites for hydroxylation is 1. The van der Waals surface area contributed by atoms with Crippen molar-refractivity contribution in [2.24, 2.45) is 11.8 Å². The highest BCUT2D eigenvalue weighted by Crippen LogP contribution is 2.49. The van der Waals surface area contributed by atoms with Gasteiger partial charge in [0.2, 0.25) is 11.8 Å². The summed E-state index contributed by atoms with van der Waals surface area (Å²) in [5.41, 5.74) is 2.61. The summed E-state index contributed by atoms with van der Waals surface area (Å²) in [5, 5.41) is 5.85. The van der Waals surface area contributed by atoms with Gasteiger partial charge in [-0.1, -0.05) is 43.7 Å². The molecule has 0 bridgehead atoms. The van der Waals surface area contributed by atoms with Gasteiger partial charge in [-0.15, -0.1) is 0 Å². The quantitative estimate of drug-likeness (QED) is 0.759. The summed E-state index contributed by atoms with van der Waals surface area (Å²) < 4.78 is 4.82. The molecule has 1 aliphatic carbocycles. The van der Waals surface area contributed by atoms with Crippen LogP contribution in [-0.2, 0) is 14.3 Å². The zero-order valence-corrected chi connectivity index (χ0v) is 15.8. The number of benzene rings is 1. The van der Waals surface area contributed by atoms with Crippen LogP contribution in [0.5, 0.6) is 0 Å². The van der Waals surface area contributed by atoms with Crippen molar-refractivity contribution in [3.05, 3.63) is 35.4 Å². The molecule has 0 heterocycles. The number of carbonyl (C=O) groups excluding carboxylic acids is 2. The second-order valence-electron chi connectivity index (χ2n) is 7.44. The summed E-state index contributed by atoms with van der Waals surface area (Å²) in [6, 6.07) is 8.11. The number of carbonyl (C=O) groups is 2. The van der Waals surface area contributed by atoms with Gasteiger partial charge in [-0.25, -0.2) is 0 Å². The zero-order valence-electron chi connectivity index (χ0n) is 15.8. The SMILES string of the molecule is COCC(=O)N[C@H](C(=O)N[C@H](C)[C@H]1C[C@@H]1c1cccc(C)c1)C(C)C. The minimum atomic E-state index is -0.540. The van der Waals surface area contributed by atoms with Crippen molar-refractivity contribution in [2.45, 2.75) is 52.1 Å². The summed E-state index contributed by atoms with van der Waals surface area (Å²) in [5.74, 6) is 0.582. The van der Waals surface area contributed by atoms with E-state index in [0.29, 0.717) is 11.8 Å². The predicted octanol–water partition coefficient (Wildman–Crippen LogP) is 2.39. The molecule has 1 aliphatic rings. The van der Waals surface area contributed by atoms with Gasteiger partial charge < -0.3 is 15.4 Å². The van der Waals surface area contributed by atoms with Crippen LogP contribution in [0, 0.1) is 18.8 Å². The Morgan fingerprint density at radius 1 is 1.24 bits per heavy atom. The first-order chi connectivity index (χ1) is 11.8. The first kappa shape index (κ1) is 19.4. The molecule has 0 aliphatic heterocycles. The lowest BCUT2D eigenvalue weighted by Gasteiger charge is -2.24. The molecule has 1 fully saturated rings. The molecule has 0 spiro atoms. The number of hydrogen-bond acceptors (Lipinski definition) is 3. The molecule has 5 nitrogen and oxygen atoms in total. The Morgan fingerprint density at radius 2 is 1.96 bits per heavy atom. The van der Waals surface area contributed by atoms with Crippen molar-refractivity contribution < 1.29 is 14.3 Å². The number of amides is 2. The average Bonchev–Trinajstić information content (AvgIpc) is 3.33. The first-order valence-electron chi connectivity index (χ1n) is 8.98. The van der Waals surface area contributed by atoms with Gasteiger partial charge in [0.1, 0.15) is 12.6 Å². The van der Waals surface area contributed by atoms with E-state index in [-0.39, 0.29) is 30.4 Å². The second kappa shape index (κ2) is 8.48. The Balaban J connectivity index is 1.91. The summed E-state index contributed by atoms with van der Waals surface area (Å²) in [7, 11) is 1.46. The highest BCUT2D eigenvalue weighted by Gasteiger charge is 2.43. The van der Waals surface area contributed by atoms with Crippen LogP contribution < -0.4 is 10.6 Å². The van der Waals surface area contributed by atoms with Crippen LogP contribution in [0.15, 0.2) is 24.3 Å². The zero-order chi connectivity index (χ0) is 18.6. The monoisotopic (exact) mass is 346 g/mol. The van der Waals surface area contributed by atoms with Gasteiger partial charge >= 0.3 is 0 Å². The Kier molecular flexibility index (Phi) is 6.59. The third-order valence-corrected chi connectivity index (χ3v) is 4.86. The van der Waals surface area contributed by atoms with Gasteiger partial charge in [-0.05, 0) is 43.6 Å². The largest absolute Gasteiger partial charge is 0.375 e. The van der Waals surface area contributed by atoms with Crippen molar-refractivity contribution in [3.8, 4) is 0 Å². The molecule has 5 heteroatoms. The van der Waals surface area contributed by atoms with Crippen molar-refractivity contribution in [1.29, 1.82) is 0 Å². The lowest BCUT2D eigenvalue weighted by molar-refractivity contribution is -0.132. The average molecular weight is 346 g/mol. The van der Waals surface area contributed by atoms with E-state index in [1.54, 1.807) is 0 Å². The molecule has 2 N–H and O–H groups in total. The fraction of sp³-hybridized carbons (Fsp3) is 0.600. The third-order valence-electron chi connectivity index (χ3n) is 4.86. The van der Waals surface area contributed by atoms with Gasteiger partial charge in [0.05, 0.1) is 0 Å². The van der Waals surface area contributed by atoms with E-state index in [1.165, 1.54) is 18.2 Å². The number of rotatable bonds is 8. The summed E-state index contributed by atoms with van der Waals surface area (Å²) in [4.78, 5) is 24.3. The third kappa shape index (κ3) is 5.30. The molecule has 0 unspecified atom stereocenters. The number of hydrogen-bond donors (Lipinski definition) is 2. The van der Waals surface area contributed by atoms with Gasteiger partial charge in [-0.2, -0.15) is 0 Å². The Bertz CT molecular complexity index is 615. The normalized spacial score (nSPS) is 21.5. The molecule has 138 valence electrons. The van der Waals surface area contributed by atoms with E-state index in [9.17, 15) is 9.59 Å². The summed E-state index contributed by atoms with van der Waals surface area (Å²) in [6.45, 7) is 7.96. The van der Waals surface area contributed by atoms with Crippen LogP contribution in [0.4, 0.5) is 0 Å². The molecule has 1 aromatic rings. The molecule has 2 rings (SSSR count). The van der Waals surface area contributed by atoms with Crippen molar-refractivity contribution in [3.63, 3.8) is 0 Å². The molecule has 4 atom stereocenters. The van der Waals surface area contributed by atoms with E-state index in [2.05, 4.69) is 41.8 Å². The van der Waals surface area contributed by atoms with E-state index in [0.717, 1.165) is 6.42 Å². The molecule has 25 heavy (non-hydrogen) atoms. The minimum Gasteiger partial charge on any atom is -0.375 e. The van der Waals surface area contributed by atoms with E-state index in [4.69, 9.17) is 4.74 Å². The Hall–Kier alpha value is -1.88. The molecular weight excluding hydrogens is 316 g/mol. The fourth-order valence-corrected chi connectivity index (χ4v) is 3.35. The second-order valence-corrected chi connectivity index (χ2v) is 7.44. The highest BCUT2D eigenvalue weighted by atomic mass is 16.5. The molecule has 0 saturated heterocycles. The van der Waals surface area contributed by atoms with Crippen molar-refractivity contribution >= 4 is 11.8 Å². The van der Waals surface area contributed by atoms with Crippen molar-refractivity contribution in [1.82, 2.24) is 10.6 Å². The maximum Gasteiger partial charge on any atom is 0.246 e. The lowest BCUT2D eigenvalue weighted by atomic mass is 10.0. The lowest BCUT2D eigenvalue weighted by Crippen LogP contribution is -2.52. The Morgan fingerprint density at radius 3 is 2.56 bits per heavy atom. The van der Waals surface area contributed by atoms with Crippen LogP contribution in [-0.4, -0.2) is 37.6 Å². The highest BCUT2D eigenvalue weighted by molar-refractivity contribution is 5.88. The van der Waals surface area contributed by atoms with Gasteiger partial charge in [0.15, 0.2) is 0 Å². The maximum atomic E-state index is 12.6. The fourth-order valence-electron chi connectivity index (χ4n) is 3.35. The minimum absolute atomic E-state index is 0.0137. The van der Waals surface area contributed by atoms with Crippen LogP contribution >= 0.6 is 0 Å². The smallest absolute Gasteiger partial charge is 0.246 e. The first-order valence-corrected chi connectivity index (χ1v) is 8.98. The van der Waals surface area contributed by atoms with Crippen LogP contribution in [0.3, 0.4) is 0 Å². The number of nitrogens with one attached hydrogen (secondary N) is 2. The van der Waals surface area contributed by atoms with E-state index < -0.39 is 6.04 Å². The summed E-state index contributed by atoms with van der Waals surface area (Å²) >= 11 is 0. The van der Waals surface area contributed by atoms with Crippen molar-refractivity contribution in [2.75, 3.05) is 13.7 Å². The van der Waals surface area contributed by atoms with E-state index >= 15 is 0 Å². The van der Waals surface area contributed by atoms with Gasteiger partial charge in [-0.3, -0.25) is 9.59 Å². The van der Waals surface area contributed by atoms with Crippen LogP contribution in [0.25, 0.3) is 0 Å². The number of methoxy groups -OCH3 is 1. The Labute approximate surface area is 150 Å². The molecular formula is C20H30N2O3. The molecule has 0 radical (unpaired) electrons. The topological polar surface area (TPSA) is 67.4 Å². The summed E-state index contributed by atoms with van der Waals surface area (Å²) in [6.07, 6.45) is 1.09. The molecule has 0 aromatic heterocycles. The van der Waals surface area contributed by atoms with Crippen LogP contribution in [0.2, 0.25) is 0 Å². The molecule has 1 saturated carbocycles. The van der Waals surface area contributed by atoms with Gasteiger partial charge in [0.25, 0.3) is 0 Å². The number of ether oxygens (including phenoxy) is 1. The predicted molar refractivity (Wildman–Crippen MR) is 98.3 cm³/mol. The van der Waals surface area contributed by atoms with Gasteiger partial charge in [0, 0.05) is 13.2 Å².